The minimum atomic E-state index is -2.27. The first-order valence-corrected chi connectivity index (χ1v) is 12.9. The fourth-order valence-corrected chi connectivity index (χ4v) is 5.73. The van der Waals surface area contributed by atoms with Gasteiger partial charge in [-0.25, -0.2) is 26.7 Å². The number of aromatic nitrogens is 1. The summed E-state index contributed by atoms with van der Waals surface area (Å²) in [6, 6.07) is 8.45. The molecular weight excluding hydrogens is 529 g/mol. The van der Waals surface area contributed by atoms with Crippen LogP contribution in [-0.2, 0) is 13.5 Å². The highest BCUT2D eigenvalue weighted by molar-refractivity contribution is 6.07. The molecule has 3 aliphatic rings. The third kappa shape index (κ3) is 3.58. The standard InChI is InChI=1S/C30H25F5N3O2/c1-5-38-10-6-7-14-11-17-19(13-18(14)38)37(4)30(39)23-21(22-24(31)26(33)28(35)27(34)25(22)32)16-9-8-15(36(2)3)12-20(16)40-29(17)23/h8-9,11-13H,5-7,10H2,1-4H3/q+1. The van der Waals surface area contributed by atoms with E-state index < -0.39 is 45.8 Å². The molecule has 10 heteroatoms. The molecule has 0 saturated heterocycles. The largest absolute Gasteiger partial charge is 0.455 e. The van der Waals surface area contributed by atoms with Crippen molar-refractivity contribution in [3.63, 3.8) is 0 Å². The molecule has 0 unspecified atom stereocenters. The first-order chi connectivity index (χ1) is 19.0. The summed E-state index contributed by atoms with van der Waals surface area (Å²) in [6.45, 7) is 3.68. The van der Waals surface area contributed by atoms with Crippen molar-refractivity contribution in [3.8, 4) is 22.5 Å². The Hall–Kier alpha value is -4.21. The number of hydrogen-bond acceptors (Lipinski definition) is 4. The number of nitrogens with zero attached hydrogens (tertiary/aromatic N) is 3. The Morgan fingerprint density at radius 2 is 1.57 bits per heavy atom. The fraction of sp³-hybridized carbons (Fsp3) is 0.267. The van der Waals surface area contributed by atoms with Gasteiger partial charge in [-0.3, -0.25) is 0 Å². The van der Waals surface area contributed by atoms with Crippen molar-refractivity contribution < 1.29 is 30.9 Å². The maximum atomic E-state index is 15.3. The lowest BCUT2D eigenvalue weighted by molar-refractivity contribution is -0.658. The van der Waals surface area contributed by atoms with Crippen LogP contribution in [0.15, 0.2) is 39.5 Å². The van der Waals surface area contributed by atoms with Gasteiger partial charge < -0.3 is 14.2 Å². The van der Waals surface area contributed by atoms with Crippen molar-refractivity contribution in [2.75, 3.05) is 37.0 Å². The zero-order valence-corrected chi connectivity index (χ0v) is 22.3. The van der Waals surface area contributed by atoms with Gasteiger partial charge in [0, 0.05) is 61.6 Å². The maximum absolute atomic E-state index is 15.3. The molecule has 0 aromatic heterocycles. The van der Waals surface area contributed by atoms with E-state index in [4.69, 9.17) is 4.42 Å². The molecule has 0 atom stereocenters. The summed E-state index contributed by atoms with van der Waals surface area (Å²) in [6.07, 6.45) is 1.69. The van der Waals surface area contributed by atoms with E-state index >= 15 is 8.78 Å². The summed E-state index contributed by atoms with van der Waals surface area (Å²) < 4.78 is 81.3. The molecule has 0 fully saturated rings. The average Bonchev–Trinajstić information content (AvgIpc) is 2.96. The minimum absolute atomic E-state index is 0.0110. The Morgan fingerprint density at radius 1 is 0.900 bits per heavy atom. The first kappa shape index (κ1) is 26.0. The van der Waals surface area contributed by atoms with Crippen LogP contribution in [0.1, 0.15) is 18.9 Å². The Bertz CT molecular complexity index is 1870. The van der Waals surface area contributed by atoms with Crippen molar-refractivity contribution >= 4 is 33.2 Å². The quantitative estimate of drug-likeness (QED) is 0.0678. The van der Waals surface area contributed by atoms with Gasteiger partial charge in [-0.2, -0.15) is 4.57 Å². The second kappa shape index (κ2) is 9.18. The molecule has 3 heterocycles. The van der Waals surface area contributed by atoms with E-state index in [1.165, 1.54) is 17.7 Å². The van der Waals surface area contributed by atoms with Gasteiger partial charge in [-0.15, -0.1) is 0 Å². The Balaban J connectivity index is 1.86. The van der Waals surface area contributed by atoms with E-state index in [0.717, 1.165) is 37.2 Å². The molecule has 0 aliphatic carbocycles. The second-order valence-electron chi connectivity index (χ2n) is 10.2. The van der Waals surface area contributed by atoms with Crippen molar-refractivity contribution in [1.82, 2.24) is 0 Å². The van der Waals surface area contributed by atoms with Crippen molar-refractivity contribution in [2.45, 2.75) is 19.8 Å². The lowest BCUT2D eigenvalue weighted by atomic mass is 9.90. The van der Waals surface area contributed by atoms with Gasteiger partial charge in [0.1, 0.15) is 18.2 Å². The lowest BCUT2D eigenvalue weighted by Gasteiger charge is -2.30. The van der Waals surface area contributed by atoms with Crippen molar-refractivity contribution in [2.24, 2.45) is 7.05 Å². The smallest absolute Gasteiger partial charge is 0.424 e. The van der Waals surface area contributed by atoms with E-state index in [1.54, 1.807) is 31.1 Å². The number of pyridine rings is 1. The Kier molecular flexibility index (Phi) is 5.97. The first-order valence-electron chi connectivity index (χ1n) is 12.9. The highest BCUT2D eigenvalue weighted by atomic mass is 19.2. The summed E-state index contributed by atoms with van der Waals surface area (Å²) in [5, 5.41) is 0.531. The summed E-state index contributed by atoms with van der Waals surface area (Å²) in [4.78, 5) is 17.9. The lowest BCUT2D eigenvalue weighted by Crippen LogP contribution is -2.48. The molecule has 40 heavy (non-hydrogen) atoms. The van der Waals surface area contributed by atoms with Crippen LogP contribution in [0.25, 0.3) is 44.3 Å². The minimum Gasteiger partial charge on any atom is -0.455 e. The molecule has 0 N–H and O–H groups in total. The topological polar surface area (TPSA) is 40.6 Å². The van der Waals surface area contributed by atoms with Crippen LogP contribution in [0, 0.1) is 29.1 Å². The molecule has 3 aliphatic heterocycles. The van der Waals surface area contributed by atoms with Crippen LogP contribution in [-0.4, -0.2) is 27.2 Å². The third-order valence-electron chi connectivity index (χ3n) is 7.82. The predicted octanol–water partition coefficient (Wildman–Crippen LogP) is 6.08. The molecule has 0 amide bonds. The third-order valence-corrected chi connectivity index (χ3v) is 7.82. The number of anilines is 2. The van der Waals surface area contributed by atoms with Crippen molar-refractivity contribution in [1.29, 1.82) is 0 Å². The van der Waals surface area contributed by atoms with Crippen LogP contribution >= 0.6 is 0 Å². The molecule has 6 rings (SSSR count). The number of benzene rings is 3. The van der Waals surface area contributed by atoms with Crippen LogP contribution in [0.4, 0.5) is 33.3 Å². The molecule has 0 radical (unpaired) electrons. The molecule has 0 spiro atoms. The zero-order valence-electron chi connectivity index (χ0n) is 22.3. The number of aryl methyl sites for hydroxylation is 2. The zero-order chi connectivity index (χ0) is 28.6. The van der Waals surface area contributed by atoms with Gasteiger partial charge in [-0.1, -0.05) is 0 Å². The van der Waals surface area contributed by atoms with Gasteiger partial charge in [0.05, 0.1) is 10.9 Å². The SMILES string of the molecule is CCN1CCCc2cc3c4oc5cc(N(C)C)ccc5c(-c5c(F)c(F)c(F)c(F)c5F)c-4c(=O)[n+](C)c3cc21. The number of fused-ring (bicyclic) bond motifs is 5. The van der Waals surface area contributed by atoms with Gasteiger partial charge in [-0.05, 0) is 43.5 Å². The number of halogens is 5. The summed E-state index contributed by atoms with van der Waals surface area (Å²) >= 11 is 0. The van der Waals surface area contributed by atoms with Gasteiger partial charge in [0.2, 0.25) is 11.3 Å². The van der Waals surface area contributed by atoms with E-state index in [2.05, 4.69) is 4.90 Å². The second-order valence-corrected chi connectivity index (χ2v) is 10.2. The van der Waals surface area contributed by atoms with Crippen LogP contribution in [0.5, 0.6) is 0 Å². The van der Waals surface area contributed by atoms with Crippen LogP contribution in [0.2, 0.25) is 0 Å². The monoisotopic (exact) mass is 554 g/mol. The van der Waals surface area contributed by atoms with Crippen LogP contribution in [0.3, 0.4) is 0 Å². The molecule has 0 saturated carbocycles. The molecule has 0 bridgehead atoms. The molecule has 3 aromatic rings. The van der Waals surface area contributed by atoms with Gasteiger partial charge >= 0.3 is 5.56 Å². The summed E-state index contributed by atoms with van der Waals surface area (Å²) in [5.41, 5.74) is 0.752. The molecule has 3 aromatic carbocycles. The predicted molar refractivity (Wildman–Crippen MR) is 144 cm³/mol. The number of hydrogen-bond donors (Lipinski definition) is 0. The molecular formula is C30H25F5N3O2+. The summed E-state index contributed by atoms with van der Waals surface area (Å²) in [5.74, 6) is -10.5. The average molecular weight is 555 g/mol. The van der Waals surface area contributed by atoms with Gasteiger partial charge in [0.15, 0.2) is 29.0 Å². The van der Waals surface area contributed by atoms with E-state index in [0.29, 0.717) is 16.6 Å². The molecule has 206 valence electrons. The highest BCUT2D eigenvalue weighted by Gasteiger charge is 2.36. The van der Waals surface area contributed by atoms with Crippen molar-refractivity contribution in [3.05, 3.63) is 75.3 Å². The van der Waals surface area contributed by atoms with Crippen LogP contribution < -0.4 is 19.9 Å². The van der Waals surface area contributed by atoms with E-state index in [-0.39, 0.29) is 22.3 Å². The Labute approximate surface area is 226 Å². The normalized spacial score (nSPS) is 13.5. The van der Waals surface area contributed by atoms with Gasteiger partial charge in [0.25, 0.3) is 0 Å². The maximum Gasteiger partial charge on any atom is 0.424 e. The summed E-state index contributed by atoms with van der Waals surface area (Å²) in [7, 11) is 5.07. The van der Waals surface area contributed by atoms with E-state index in [1.807, 2.05) is 19.1 Å². The fourth-order valence-electron chi connectivity index (χ4n) is 5.73. The van der Waals surface area contributed by atoms with E-state index in [9.17, 15) is 18.0 Å². The molecule has 5 nitrogen and oxygen atoms in total. The highest BCUT2D eigenvalue weighted by Crippen LogP contribution is 2.45. The number of rotatable bonds is 3. The Morgan fingerprint density at radius 3 is 2.23 bits per heavy atom.